The molecule has 8 rings (SSSR count). The first-order valence-electron chi connectivity index (χ1n) is 22.7. The fourth-order valence-corrected chi connectivity index (χ4v) is 10.3. The minimum Gasteiger partial charge on any atom is -0.497 e. The van der Waals surface area contributed by atoms with E-state index in [1.54, 1.807) is 7.11 Å². The van der Waals surface area contributed by atoms with E-state index in [1.807, 2.05) is 26.4 Å². The van der Waals surface area contributed by atoms with Gasteiger partial charge in [0.2, 0.25) is 0 Å². The van der Waals surface area contributed by atoms with Gasteiger partial charge >= 0.3 is 0 Å². The second-order valence-corrected chi connectivity index (χ2v) is 17.7. The van der Waals surface area contributed by atoms with Crippen LogP contribution < -0.4 is 4.74 Å². The van der Waals surface area contributed by atoms with E-state index in [0.717, 1.165) is 44.5 Å². The fraction of sp³-hybridized carbons (Fsp3) is 0.368. The Labute approximate surface area is 372 Å². The van der Waals surface area contributed by atoms with Crippen LogP contribution in [-0.2, 0) is 33.5 Å². The van der Waals surface area contributed by atoms with E-state index >= 15 is 0 Å². The monoisotopic (exact) mass is 829 g/mol. The molecule has 2 aliphatic carbocycles. The van der Waals surface area contributed by atoms with Gasteiger partial charge in [-0.05, 0) is 158 Å². The number of aryl methyl sites for hydroxylation is 2. The topological polar surface area (TPSA) is 34.2 Å². The van der Waals surface area contributed by atoms with Gasteiger partial charge in [0, 0.05) is 26.3 Å². The molecule has 0 N–H and O–H groups in total. The molecule has 0 amide bonds. The van der Waals surface area contributed by atoms with Crippen LogP contribution in [0.5, 0.6) is 5.75 Å². The van der Waals surface area contributed by atoms with E-state index in [9.17, 15) is 0 Å². The quantitative estimate of drug-likeness (QED) is 0.116. The summed E-state index contributed by atoms with van der Waals surface area (Å²) in [5, 5.41) is 0. The summed E-state index contributed by atoms with van der Waals surface area (Å²) in [6.45, 7) is 11.3. The van der Waals surface area contributed by atoms with Gasteiger partial charge in [0.05, 0.1) is 7.11 Å². The SMILES string of the molecule is CCCN(CCC)C1CCc2cc(-c3ccc(-c4ccccc4)cc3)ccc2C1(C)OC.COc1ccc(-c2ccc(-c3ccc4c(c3)CCC(N(C)C)C4(C)OC)cc2)cc1. The Morgan fingerprint density at radius 1 is 0.484 bits per heavy atom. The third-order valence-corrected chi connectivity index (χ3v) is 13.8. The van der Waals surface area contributed by atoms with Crippen LogP contribution in [0.1, 0.15) is 75.6 Å². The molecule has 0 fully saturated rings. The van der Waals surface area contributed by atoms with E-state index in [2.05, 4.69) is 179 Å². The number of hydrogen-bond acceptors (Lipinski definition) is 5. The second-order valence-electron chi connectivity index (χ2n) is 17.7. The summed E-state index contributed by atoms with van der Waals surface area (Å²) in [4.78, 5) is 4.95. The van der Waals surface area contributed by atoms with Crippen LogP contribution in [0.4, 0.5) is 0 Å². The van der Waals surface area contributed by atoms with Crippen LogP contribution in [0.2, 0.25) is 0 Å². The van der Waals surface area contributed by atoms with Crippen LogP contribution in [-0.4, -0.2) is 70.4 Å². The van der Waals surface area contributed by atoms with Gasteiger partial charge < -0.3 is 19.1 Å². The van der Waals surface area contributed by atoms with Gasteiger partial charge in [-0.25, -0.2) is 0 Å². The van der Waals surface area contributed by atoms with Crippen molar-refractivity contribution in [3.05, 3.63) is 162 Å². The first-order valence-corrected chi connectivity index (χ1v) is 22.7. The molecular formula is C57H68N2O3. The van der Waals surface area contributed by atoms with Crippen LogP contribution in [0, 0.1) is 0 Å². The van der Waals surface area contributed by atoms with Gasteiger partial charge in [0.15, 0.2) is 0 Å². The summed E-state index contributed by atoms with van der Waals surface area (Å²) in [6, 6.07) is 51.2. The highest BCUT2D eigenvalue weighted by Gasteiger charge is 2.44. The molecule has 0 saturated carbocycles. The molecular weight excluding hydrogens is 761 g/mol. The molecule has 0 spiro atoms. The van der Waals surface area contributed by atoms with Crippen LogP contribution in [0.3, 0.4) is 0 Å². The molecule has 6 aromatic rings. The molecule has 0 bridgehead atoms. The van der Waals surface area contributed by atoms with Crippen LogP contribution in [0.25, 0.3) is 44.5 Å². The molecule has 6 aromatic carbocycles. The fourth-order valence-electron chi connectivity index (χ4n) is 10.3. The third kappa shape index (κ3) is 9.33. The highest BCUT2D eigenvalue weighted by atomic mass is 16.5. The van der Waals surface area contributed by atoms with E-state index in [1.165, 1.54) is 79.6 Å². The zero-order valence-corrected chi connectivity index (χ0v) is 38.7. The summed E-state index contributed by atoms with van der Waals surface area (Å²) in [5.74, 6) is 0.879. The van der Waals surface area contributed by atoms with Crippen molar-refractivity contribution in [3.63, 3.8) is 0 Å². The van der Waals surface area contributed by atoms with E-state index < -0.39 is 0 Å². The maximum Gasteiger partial charge on any atom is 0.118 e. The largest absolute Gasteiger partial charge is 0.497 e. The first-order chi connectivity index (χ1) is 30.1. The van der Waals surface area contributed by atoms with E-state index in [4.69, 9.17) is 14.2 Å². The molecule has 4 atom stereocenters. The molecule has 62 heavy (non-hydrogen) atoms. The number of methoxy groups -OCH3 is 3. The highest BCUT2D eigenvalue weighted by molar-refractivity contribution is 5.73. The molecule has 324 valence electrons. The molecule has 0 saturated heterocycles. The summed E-state index contributed by atoms with van der Waals surface area (Å²) in [5.41, 5.74) is 14.9. The maximum atomic E-state index is 6.26. The summed E-state index contributed by atoms with van der Waals surface area (Å²) in [7, 11) is 9.70. The average Bonchev–Trinajstić information content (AvgIpc) is 3.32. The summed E-state index contributed by atoms with van der Waals surface area (Å²) < 4.78 is 17.6. The molecule has 2 aliphatic rings. The van der Waals surface area contributed by atoms with Crippen molar-refractivity contribution in [2.24, 2.45) is 0 Å². The normalized spacial score (nSPS) is 20.6. The predicted octanol–water partition coefficient (Wildman–Crippen LogP) is 13.1. The number of benzene rings is 6. The lowest BCUT2D eigenvalue weighted by molar-refractivity contribution is -0.0808. The number of ether oxygens (including phenoxy) is 3. The summed E-state index contributed by atoms with van der Waals surface area (Å²) in [6.07, 6.45) is 6.80. The number of hydrogen-bond donors (Lipinski definition) is 0. The summed E-state index contributed by atoms with van der Waals surface area (Å²) >= 11 is 0. The zero-order chi connectivity index (χ0) is 43.9. The minimum absolute atomic E-state index is 0.270. The number of nitrogens with zero attached hydrogens (tertiary/aromatic N) is 2. The van der Waals surface area contributed by atoms with Crippen molar-refractivity contribution >= 4 is 0 Å². The molecule has 0 aliphatic heterocycles. The first kappa shape index (κ1) is 45.0. The Morgan fingerprint density at radius 3 is 1.26 bits per heavy atom. The van der Waals surface area contributed by atoms with Gasteiger partial charge in [-0.1, -0.05) is 141 Å². The van der Waals surface area contributed by atoms with Gasteiger partial charge in [0.1, 0.15) is 17.0 Å². The Kier molecular flexibility index (Phi) is 14.5. The number of likely N-dealkylation sites (N-methyl/N-ethyl adjacent to an activating group) is 1. The molecule has 4 unspecified atom stereocenters. The van der Waals surface area contributed by atoms with Crippen molar-refractivity contribution < 1.29 is 14.2 Å². The number of rotatable bonds is 13. The van der Waals surface area contributed by atoms with Crippen LogP contribution in [0.15, 0.2) is 140 Å². The smallest absolute Gasteiger partial charge is 0.118 e. The highest BCUT2D eigenvalue weighted by Crippen LogP contribution is 2.43. The lowest BCUT2D eigenvalue weighted by Crippen LogP contribution is -2.53. The van der Waals surface area contributed by atoms with Gasteiger partial charge in [-0.2, -0.15) is 0 Å². The molecule has 5 nitrogen and oxygen atoms in total. The van der Waals surface area contributed by atoms with Gasteiger partial charge in [-0.3, -0.25) is 4.90 Å². The average molecular weight is 829 g/mol. The van der Waals surface area contributed by atoms with E-state index in [0.29, 0.717) is 12.1 Å². The van der Waals surface area contributed by atoms with Crippen molar-refractivity contribution in [1.82, 2.24) is 9.80 Å². The van der Waals surface area contributed by atoms with Gasteiger partial charge in [-0.15, -0.1) is 0 Å². The Balaban J connectivity index is 0.000000187. The molecule has 0 aromatic heterocycles. The third-order valence-electron chi connectivity index (χ3n) is 13.8. The predicted molar refractivity (Wildman–Crippen MR) is 260 cm³/mol. The van der Waals surface area contributed by atoms with E-state index in [-0.39, 0.29) is 11.2 Å². The standard InChI is InChI=1S/C30H37NO.C27H31NO2/c1-5-20-31(21-6-2)29-19-17-27-22-26(16-18-28(27)30(29,3)32-4)25-14-12-24(13-15-25)23-10-8-7-9-11-23;1-27(30-5)25-16-12-22(18-23(25)13-17-26(27)28(2)3)21-8-6-19(7-9-21)20-10-14-24(29-4)15-11-20/h7-16,18,22,29H,5-6,17,19-21H2,1-4H3;6-12,14-16,18,26H,13,17H2,1-5H3. The Morgan fingerprint density at radius 2 is 0.855 bits per heavy atom. The van der Waals surface area contributed by atoms with Crippen molar-refractivity contribution in [3.8, 4) is 50.3 Å². The molecule has 0 heterocycles. The van der Waals surface area contributed by atoms with Crippen molar-refractivity contribution in [2.45, 2.75) is 89.5 Å². The second kappa shape index (κ2) is 20.0. The minimum atomic E-state index is -0.284. The van der Waals surface area contributed by atoms with Crippen molar-refractivity contribution in [1.29, 1.82) is 0 Å². The lowest BCUT2D eigenvalue weighted by atomic mass is 9.74. The Bertz CT molecular complexity index is 2350. The lowest BCUT2D eigenvalue weighted by Gasteiger charge is -2.47. The Hall–Kier alpha value is -5.04. The van der Waals surface area contributed by atoms with Crippen LogP contribution >= 0.6 is 0 Å². The molecule has 5 heteroatoms. The molecule has 0 radical (unpaired) electrons. The van der Waals surface area contributed by atoms with Gasteiger partial charge in [0.25, 0.3) is 0 Å². The zero-order valence-electron chi connectivity index (χ0n) is 38.7. The number of fused-ring (bicyclic) bond motifs is 2. The maximum absolute atomic E-state index is 6.26. The van der Waals surface area contributed by atoms with Crippen molar-refractivity contribution in [2.75, 3.05) is 48.5 Å².